The molecule has 126 valence electrons. The quantitative estimate of drug-likeness (QED) is 0.785. The van der Waals surface area contributed by atoms with Gasteiger partial charge in [0.2, 0.25) is 0 Å². The van der Waals surface area contributed by atoms with E-state index >= 15 is 0 Å². The molecule has 0 aliphatic rings. The summed E-state index contributed by atoms with van der Waals surface area (Å²) in [5.41, 5.74) is 1.22. The van der Waals surface area contributed by atoms with Crippen LogP contribution in [0.5, 0.6) is 0 Å². The molecule has 0 saturated carbocycles. The summed E-state index contributed by atoms with van der Waals surface area (Å²) < 4.78 is 31.9. The summed E-state index contributed by atoms with van der Waals surface area (Å²) in [4.78, 5) is 24.0. The number of hydrogen-bond acceptors (Lipinski definition) is 3. The normalized spacial score (nSPS) is 11.7. The van der Waals surface area contributed by atoms with Gasteiger partial charge in [-0.1, -0.05) is 6.07 Å². The molecule has 0 bridgehead atoms. The lowest BCUT2D eigenvalue weighted by Gasteiger charge is -2.14. The Hall–Kier alpha value is -2.28. The zero-order valence-electron chi connectivity index (χ0n) is 12.9. The first-order chi connectivity index (χ1) is 11.3. The number of benzene rings is 2. The minimum absolute atomic E-state index is 0.302. The zero-order chi connectivity index (χ0) is 17.9. The Morgan fingerprint density at radius 1 is 1.12 bits per heavy atom. The van der Waals surface area contributed by atoms with E-state index in [9.17, 15) is 18.4 Å². The molecular weight excluding hydrogens is 384 g/mol. The number of carbonyl (C=O) groups excluding carboxylic acids is 2. The highest BCUT2D eigenvalue weighted by molar-refractivity contribution is 9.10. The van der Waals surface area contributed by atoms with Crippen molar-refractivity contribution in [2.24, 2.45) is 0 Å². The van der Waals surface area contributed by atoms with E-state index in [0.29, 0.717) is 16.2 Å². The first-order valence-corrected chi connectivity index (χ1v) is 7.79. The molecule has 24 heavy (non-hydrogen) atoms. The first-order valence-electron chi connectivity index (χ1n) is 7.00. The predicted molar refractivity (Wildman–Crippen MR) is 88.7 cm³/mol. The van der Waals surface area contributed by atoms with Gasteiger partial charge in [-0.3, -0.25) is 4.79 Å². The summed E-state index contributed by atoms with van der Waals surface area (Å²) in [6.45, 7) is 3.27. The maximum Gasteiger partial charge on any atom is 0.339 e. The number of rotatable bonds is 4. The molecule has 0 unspecified atom stereocenters. The van der Waals surface area contributed by atoms with Crippen LogP contribution in [0.25, 0.3) is 0 Å². The fraction of sp³-hybridized carbons (Fsp3) is 0.176. The highest BCUT2D eigenvalue weighted by Gasteiger charge is 2.20. The van der Waals surface area contributed by atoms with Gasteiger partial charge in [-0.05, 0) is 59.6 Å². The summed E-state index contributed by atoms with van der Waals surface area (Å²) in [6.07, 6.45) is -1.14. The predicted octanol–water partition coefficient (Wildman–Crippen LogP) is 4.22. The fourth-order valence-corrected chi connectivity index (χ4v) is 2.50. The molecule has 0 aliphatic heterocycles. The van der Waals surface area contributed by atoms with E-state index in [4.69, 9.17) is 4.74 Å². The van der Waals surface area contributed by atoms with Crippen molar-refractivity contribution in [1.82, 2.24) is 0 Å². The van der Waals surface area contributed by atoms with Gasteiger partial charge in [0.1, 0.15) is 11.6 Å². The largest absolute Gasteiger partial charge is 0.449 e. The van der Waals surface area contributed by atoms with Gasteiger partial charge in [0.15, 0.2) is 6.10 Å². The lowest BCUT2D eigenvalue weighted by atomic mass is 10.2. The van der Waals surface area contributed by atoms with Crippen LogP contribution in [-0.4, -0.2) is 18.0 Å². The Labute approximate surface area is 145 Å². The van der Waals surface area contributed by atoms with Gasteiger partial charge in [0.25, 0.3) is 5.91 Å². The Kier molecular flexibility index (Phi) is 5.66. The van der Waals surface area contributed by atoms with E-state index < -0.39 is 29.6 Å². The Balaban J connectivity index is 2.04. The second kappa shape index (κ2) is 7.53. The van der Waals surface area contributed by atoms with Crippen molar-refractivity contribution in [3.63, 3.8) is 0 Å². The molecule has 1 N–H and O–H groups in total. The molecule has 0 saturated heterocycles. The third-order valence-electron chi connectivity index (χ3n) is 3.13. The molecule has 0 heterocycles. The monoisotopic (exact) mass is 397 g/mol. The highest BCUT2D eigenvalue weighted by atomic mass is 79.9. The number of anilines is 1. The number of amides is 1. The number of ether oxygens (including phenoxy) is 1. The van der Waals surface area contributed by atoms with Crippen molar-refractivity contribution in [3.8, 4) is 0 Å². The van der Waals surface area contributed by atoms with Gasteiger partial charge < -0.3 is 10.1 Å². The molecule has 2 aromatic carbocycles. The molecule has 0 aromatic heterocycles. The molecule has 0 aliphatic carbocycles. The minimum atomic E-state index is -1.14. The van der Waals surface area contributed by atoms with Crippen LogP contribution < -0.4 is 5.32 Å². The minimum Gasteiger partial charge on any atom is -0.449 e. The number of hydrogen-bond donors (Lipinski definition) is 1. The summed E-state index contributed by atoms with van der Waals surface area (Å²) in [6, 6.07) is 7.66. The third kappa shape index (κ3) is 4.61. The second-order valence-electron chi connectivity index (χ2n) is 5.18. The molecule has 2 aromatic rings. The number of esters is 1. The van der Waals surface area contributed by atoms with Gasteiger partial charge in [0.05, 0.1) is 11.3 Å². The smallest absolute Gasteiger partial charge is 0.339 e. The summed E-state index contributed by atoms with van der Waals surface area (Å²) in [7, 11) is 0. The summed E-state index contributed by atoms with van der Waals surface area (Å²) >= 11 is 3.32. The topological polar surface area (TPSA) is 55.4 Å². The van der Waals surface area contributed by atoms with Crippen LogP contribution in [0.15, 0.2) is 40.9 Å². The standard InChI is InChI=1S/C17H14BrF2NO3/c1-9-3-4-15(14(18)5-9)21-16(22)10(2)24-17(23)11-6-12(19)8-13(20)7-11/h3-8,10H,1-2H3,(H,21,22)/t10-/m1/s1. The number of aryl methyl sites for hydroxylation is 1. The lowest BCUT2D eigenvalue weighted by molar-refractivity contribution is -0.123. The zero-order valence-corrected chi connectivity index (χ0v) is 14.5. The third-order valence-corrected chi connectivity index (χ3v) is 3.79. The van der Waals surface area contributed by atoms with Crippen LogP contribution in [0.3, 0.4) is 0 Å². The average molecular weight is 398 g/mol. The average Bonchev–Trinajstić information content (AvgIpc) is 2.48. The van der Waals surface area contributed by atoms with Crippen molar-refractivity contribution < 1.29 is 23.1 Å². The Morgan fingerprint density at radius 2 is 1.75 bits per heavy atom. The summed E-state index contributed by atoms with van der Waals surface area (Å²) in [5.74, 6) is -3.35. The van der Waals surface area contributed by atoms with Crippen LogP contribution in [0, 0.1) is 18.6 Å². The van der Waals surface area contributed by atoms with Crippen molar-refractivity contribution >= 4 is 33.5 Å². The van der Waals surface area contributed by atoms with Crippen LogP contribution in [0.1, 0.15) is 22.8 Å². The Bertz CT molecular complexity index is 775. The van der Waals surface area contributed by atoms with Crippen molar-refractivity contribution in [2.75, 3.05) is 5.32 Å². The van der Waals surface area contributed by atoms with Crippen molar-refractivity contribution in [3.05, 3.63) is 63.6 Å². The molecule has 0 radical (unpaired) electrons. The molecule has 1 amide bonds. The van der Waals surface area contributed by atoms with Crippen molar-refractivity contribution in [1.29, 1.82) is 0 Å². The first kappa shape index (κ1) is 18.1. The van der Waals surface area contributed by atoms with Crippen LogP contribution in [0.4, 0.5) is 14.5 Å². The molecule has 0 fully saturated rings. The Morgan fingerprint density at radius 3 is 2.33 bits per heavy atom. The molecule has 7 heteroatoms. The van der Waals surface area contributed by atoms with E-state index in [2.05, 4.69) is 21.2 Å². The maximum atomic E-state index is 13.1. The number of carbonyl (C=O) groups is 2. The highest BCUT2D eigenvalue weighted by Crippen LogP contribution is 2.23. The van der Waals surface area contributed by atoms with Gasteiger partial charge >= 0.3 is 5.97 Å². The fourth-order valence-electron chi connectivity index (χ4n) is 1.91. The van der Waals surface area contributed by atoms with E-state index in [1.54, 1.807) is 6.07 Å². The van der Waals surface area contributed by atoms with E-state index in [1.165, 1.54) is 6.92 Å². The number of halogens is 3. The molecule has 4 nitrogen and oxygen atoms in total. The lowest BCUT2D eigenvalue weighted by Crippen LogP contribution is -2.30. The number of nitrogens with one attached hydrogen (secondary N) is 1. The van der Waals surface area contributed by atoms with E-state index in [-0.39, 0.29) is 5.56 Å². The van der Waals surface area contributed by atoms with Crippen LogP contribution in [0.2, 0.25) is 0 Å². The SMILES string of the molecule is Cc1ccc(NC(=O)[C@@H](C)OC(=O)c2cc(F)cc(F)c2)c(Br)c1. The van der Waals surface area contributed by atoms with Gasteiger partial charge in [-0.2, -0.15) is 0 Å². The molecule has 0 spiro atoms. The second-order valence-corrected chi connectivity index (χ2v) is 6.03. The maximum absolute atomic E-state index is 13.1. The van der Waals surface area contributed by atoms with Crippen molar-refractivity contribution in [2.45, 2.75) is 20.0 Å². The van der Waals surface area contributed by atoms with Crippen LogP contribution in [-0.2, 0) is 9.53 Å². The summed E-state index contributed by atoms with van der Waals surface area (Å²) in [5, 5.41) is 2.61. The molecule has 1 atom stereocenters. The van der Waals surface area contributed by atoms with Gasteiger partial charge in [-0.15, -0.1) is 0 Å². The van der Waals surface area contributed by atoms with Gasteiger partial charge in [-0.25, -0.2) is 13.6 Å². The molecule has 2 rings (SSSR count). The van der Waals surface area contributed by atoms with E-state index in [0.717, 1.165) is 17.7 Å². The van der Waals surface area contributed by atoms with E-state index in [1.807, 2.05) is 19.1 Å². The van der Waals surface area contributed by atoms with Crippen LogP contribution >= 0.6 is 15.9 Å². The molecular formula is C17H14BrF2NO3. The van der Waals surface area contributed by atoms with Gasteiger partial charge in [0, 0.05) is 10.5 Å².